The smallest absolute Gasteiger partial charge is 0.245 e. The Kier molecular flexibility index (Phi) is 3.50. The topological polar surface area (TPSA) is 49.4 Å². The molecule has 106 valence electrons. The van der Waals surface area contributed by atoms with E-state index in [0.29, 0.717) is 24.9 Å². The lowest BCUT2D eigenvalue weighted by molar-refractivity contribution is -0.136. The maximum Gasteiger partial charge on any atom is 0.245 e. The summed E-state index contributed by atoms with van der Waals surface area (Å²) in [7, 11) is 0. The molecule has 0 aromatic heterocycles. The Hall–Kier alpha value is -1.06. The van der Waals surface area contributed by atoms with Gasteiger partial charge in [0.15, 0.2) is 0 Å². The van der Waals surface area contributed by atoms with Crippen molar-refractivity contribution in [2.24, 2.45) is 11.8 Å². The van der Waals surface area contributed by atoms with Gasteiger partial charge in [0.2, 0.25) is 11.8 Å². The third kappa shape index (κ3) is 2.77. The number of nitrogens with zero attached hydrogens (tertiary/aromatic N) is 1. The minimum atomic E-state index is -0.227. The zero-order chi connectivity index (χ0) is 13.4. The summed E-state index contributed by atoms with van der Waals surface area (Å²) < 4.78 is 0. The zero-order valence-electron chi connectivity index (χ0n) is 11.7. The second-order valence-electron chi connectivity index (χ2n) is 6.58. The first-order valence-electron chi connectivity index (χ1n) is 7.75. The molecule has 1 heterocycles. The molecule has 4 heteroatoms. The number of amides is 2. The highest BCUT2D eigenvalue weighted by Crippen LogP contribution is 2.35. The fourth-order valence-electron chi connectivity index (χ4n) is 3.48. The lowest BCUT2D eigenvalue weighted by atomic mass is 9.86. The maximum atomic E-state index is 12.7. The molecular formula is C15H24N2O2. The van der Waals surface area contributed by atoms with Gasteiger partial charge in [0.25, 0.3) is 0 Å². The second kappa shape index (κ2) is 5.14. The molecule has 1 saturated heterocycles. The molecule has 0 aromatic carbocycles. The van der Waals surface area contributed by atoms with Crippen molar-refractivity contribution in [1.29, 1.82) is 0 Å². The Bertz CT molecular complexity index is 370. The van der Waals surface area contributed by atoms with Crippen LogP contribution in [0.2, 0.25) is 0 Å². The molecule has 3 rings (SSSR count). The zero-order valence-corrected chi connectivity index (χ0v) is 11.7. The van der Waals surface area contributed by atoms with Crippen LogP contribution in [0.3, 0.4) is 0 Å². The SMILES string of the molecule is CC1CCC(N2CCC(=O)NC(C3CC3)C2=O)CC1. The molecule has 19 heavy (non-hydrogen) atoms. The van der Waals surface area contributed by atoms with Gasteiger partial charge >= 0.3 is 0 Å². The van der Waals surface area contributed by atoms with E-state index in [1.54, 1.807) is 0 Å². The van der Waals surface area contributed by atoms with Gasteiger partial charge in [-0.3, -0.25) is 9.59 Å². The van der Waals surface area contributed by atoms with E-state index in [0.717, 1.165) is 31.6 Å². The molecule has 3 fully saturated rings. The maximum absolute atomic E-state index is 12.7. The van der Waals surface area contributed by atoms with E-state index in [-0.39, 0.29) is 17.9 Å². The van der Waals surface area contributed by atoms with Crippen LogP contribution in [0.4, 0.5) is 0 Å². The van der Waals surface area contributed by atoms with Gasteiger partial charge in [-0.15, -0.1) is 0 Å². The van der Waals surface area contributed by atoms with Crippen LogP contribution in [0.15, 0.2) is 0 Å². The summed E-state index contributed by atoms with van der Waals surface area (Å²) in [5.74, 6) is 1.43. The lowest BCUT2D eigenvalue weighted by Crippen LogP contribution is -2.50. The lowest BCUT2D eigenvalue weighted by Gasteiger charge is -2.36. The average Bonchev–Trinajstić information content (AvgIpc) is 3.21. The average molecular weight is 264 g/mol. The van der Waals surface area contributed by atoms with E-state index in [2.05, 4.69) is 12.2 Å². The molecule has 1 N–H and O–H groups in total. The van der Waals surface area contributed by atoms with Crippen LogP contribution < -0.4 is 5.32 Å². The van der Waals surface area contributed by atoms with Crippen molar-refractivity contribution >= 4 is 11.8 Å². The van der Waals surface area contributed by atoms with Crippen LogP contribution >= 0.6 is 0 Å². The van der Waals surface area contributed by atoms with Gasteiger partial charge in [0.05, 0.1) is 0 Å². The molecule has 0 bridgehead atoms. The number of carbonyl (C=O) groups is 2. The molecule has 2 saturated carbocycles. The quantitative estimate of drug-likeness (QED) is 0.825. The van der Waals surface area contributed by atoms with Gasteiger partial charge in [-0.25, -0.2) is 0 Å². The van der Waals surface area contributed by atoms with Gasteiger partial charge in [0, 0.05) is 19.0 Å². The molecule has 0 radical (unpaired) electrons. The standard InChI is InChI=1S/C15H24N2O2/c1-10-2-6-12(7-3-10)17-9-8-13(18)16-14(15(17)19)11-4-5-11/h10-12,14H,2-9H2,1H3,(H,16,18). The molecule has 1 unspecified atom stereocenters. The van der Waals surface area contributed by atoms with E-state index >= 15 is 0 Å². The van der Waals surface area contributed by atoms with Crippen molar-refractivity contribution in [3.05, 3.63) is 0 Å². The molecule has 0 aromatic rings. The Labute approximate surface area is 114 Å². The first-order chi connectivity index (χ1) is 9.15. The van der Waals surface area contributed by atoms with Crippen molar-refractivity contribution in [2.75, 3.05) is 6.54 Å². The highest BCUT2D eigenvalue weighted by molar-refractivity contribution is 5.90. The fourth-order valence-corrected chi connectivity index (χ4v) is 3.48. The van der Waals surface area contributed by atoms with Crippen LogP contribution in [0.25, 0.3) is 0 Å². The molecule has 2 amide bonds. The third-order valence-corrected chi connectivity index (χ3v) is 4.96. The van der Waals surface area contributed by atoms with Crippen molar-refractivity contribution in [3.8, 4) is 0 Å². The number of nitrogens with one attached hydrogen (secondary N) is 1. The van der Waals surface area contributed by atoms with Gasteiger partial charge in [0.1, 0.15) is 6.04 Å². The summed E-state index contributed by atoms with van der Waals surface area (Å²) in [4.78, 5) is 26.4. The van der Waals surface area contributed by atoms with Gasteiger partial charge in [-0.05, 0) is 50.4 Å². The molecule has 3 aliphatic rings. The predicted molar refractivity (Wildman–Crippen MR) is 72.4 cm³/mol. The monoisotopic (exact) mass is 264 g/mol. The normalized spacial score (nSPS) is 36.9. The van der Waals surface area contributed by atoms with E-state index in [1.165, 1.54) is 12.8 Å². The summed E-state index contributed by atoms with van der Waals surface area (Å²) in [6, 6.07) is 0.145. The summed E-state index contributed by atoms with van der Waals surface area (Å²) in [5, 5.41) is 2.94. The number of rotatable bonds is 2. The molecule has 1 aliphatic heterocycles. The summed E-state index contributed by atoms with van der Waals surface area (Å²) in [5.41, 5.74) is 0. The Balaban J connectivity index is 1.71. The second-order valence-corrected chi connectivity index (χ2v) is 6.58. The minimum Gasteiger partial charge on any atom is -0.344 e. The van der Waals surface area contributed by atoms with Crippen molar-refractivity contribution in [3.63, 3.8) is 0 Å². The molecular weight excluding hydrogens is 240 g/mol. The van der Waals surface area contributed by atoms with Crippen LogP contribution in [0.5, 0.6) is 0 Å². The molecule has 1 atom stereocenters. The first kappa shape index (κ1) is 12.9. The highest BCUT2D eigenvalue weighted by atomic mass is 16.2. The number of carbonyl (C=O) groups excluding carboxylic acids is 2. The highest BCUT2D eigenvalue weighted by Gasteiger charge is 2.42. The minimum absolute atomic E-state index is 0.0527. The Morgan fingerprint density at radius 3 is 2.37 bits per heavy atom. The van der Waals surface area contributed by atoms with Gasteiger partial charge in [-0.2, -0.15) is 0 Å². The molecule has 2 aliphatic carbocycles. The van der Waals surface area contributed by atoms with E-state index in [4.69, 9.17) is 0 Å². The molecule has 0 spiro atoms. The largest absolute Gasteiger partial charge is 0.344 e. The van der Waals surface area contributed by atoms with Crippen LogP contribution in [-0.2, 0) is 9.59 Å². The fraction of sp³-hybridized carbons (Fsp3) is 0.867. The van der Waals surface area contributed by atoms with Crippen molar-refractivity contribution in [2.45, 2.75) is 64.0 Å². The van der Waals surface area contributed by atoms with Crippen LogP contribution in [0, 0.1) is 11.8 Å². The van der Waals surface area contributed by atoms with Crippen LogP contribution in [-0.4, -0.2) is 35.3 Å². The van der Waals surface area contributed by atoms with Gasteiger partial charge < -0.3 is 10.2 Å². The number of hydrogen-bond donors (Lipinski definition) is 1. The number of hydrogen-bond acceptors (Lipinski definition) is 2. The van der Waals surface area contributed by atoms with Crippen molar-refractivity contribution in [1.82, 2.24) is 10.2 Å². The summed E-state index contributed by atoms with van der Waals surface area (Å²) in [6.07, 6.45) is 7.30. The summed E-state index contributed by atoms with van der Waals surface area (Å²) in [6.45, 7) is 2.91. The van der Waals surface area contributed by atoms with E-state index in [1.807, 2.05) is 4.90 Å². The predicted octanol–water partition coefficient (Wildman–Crippen LogP) is 1.69. The Morgan fingerprint density at radius 1 is 1.05 bits per heavy atom. The summed E-state index contributed by atoms with van der Waals surface area (Å²) >= 11 is 0. The van der Waals surface area contributed by atoms with Gasteiger partial charge in [-0.1, -0.05) is 6.92 Å². The van der Waals surface area contributed by atoms with E-state index in [9.17, 15) is 9.59 Å². The van der Waals surface area contributed by atoms with Crippen molar-refractivity contribution < 1.29 is 9.59 Å². The first-order valence-corrected chi connectivity index (χ1v) is 7.75. The van der Waals surface area contributed by atoms with Crippen LogP contribution in [0.1, 0.15) is 51.9 Å². The third-order valence-electron chi connectivity index (χ3n) is 4.96. The molecule has 4 nitrogen and oxygen atoms in total. The Morgan fingerprint density at radius 2 is 1.74 bits per heavy atom. The van der Waals surface area contributed by atoms with E-state index < -0.39 is 0 Å².